The van der Waals surface area contributed by atoms with Gasteiger partial charge in [-0.3, -0.25) is 9.69 Å². The minimum atomic E-state index is -1.44. The van der Waals surface area contributed by atoms with Crippen molar-refractivity contribution in [1.29, 1.82) is 0 Å². The molecule has 17 heavy (non-hydrogen) atoms. The molecule has 0 saturated heterocycles. The third kappa shape index (κ3) is 2.39. The Bertz CT molecular complexity index is 518. The molecular weight excluding hydrogens is 286 g/mol. The molecule has 1 amide bonds. The second-order valence-corrected chi connectivity index (χ2v) is 4.70. The van der Waals surface area contributed by atoms with Gasteiger partial charge in [0.1, 0.15) is 0 Å². The summed E-state index contributed by atoms with van der Waals surface area (Å²) in [6.07, 6.45) is 3.56. The van der Waals surface area contributed by atoms with E-state index in [1.165, 1.54) is 4.90 Å². The molecule has 1 aromatic rings. The molecule has 1 aliphatic carbocycles. The Labute approximate surface area is 107 Å². The lowest BCUT2D eigenvalue weighted by Crippen LogP contribution is -2.39. The van der Waals surface area contributed by atoms with Gasteiger partial charge in [0.2, 0.25) is 0 Å². The number of carboxylic acids is 1. The van der Waals surface area contributed by atoms with E-state index in [9.17, 15) is 9.59 Å². The maximum atomic E-state index is 11.6. The molecule has 0 heterocycles. The molecule has 1 N–H and O–H groups in total. The van der Waals surface area contributed by atoms with Gasteiger partial charge in [0.05, 0.1) is 6.04 Å². The number of carboxylic acid groups (broad SMARTS) is 1. The molecule has 0 aromatic heterocycles. The molecule has 0 bridgehead atoms. The van der Waals surface area contributed by atoms with Gasteiger partial charge in [-0.25, -0.2) is 4.79 Å². The number of carbonyl (C=O) groups excluding carboxylic acids is 1. The van der Waals surface area contributed by atoms with Crippen molar-refractivity contribution >= 4 is 33.5 Å². The lowest BCUT2D eigenvalue weighted by atomic mass is 10.1. The molecule has 0 aliphatic heterocycles. The van der Waals surface area contributed by atoms with Crippen LogP contribution in [0.3, 0.4) is 0 Å². The summed E-state index contributed by atoms with van der Waals surface area (Å²) < 4.78 is 0.894. The summed E-state index contributed by atoms with van der Waals surface area (Å²) in [6, 6.07) is 5.16. The topological polar surface area (TPSA) is 57.6 Å². The van der Waals surface area contributed by atoms with Crippen molar-refractivity contribution in [2.24, 2.45) is 0 Å². The standard InChI is InChI=1S/C12H10BrNO3/c1-7-6-8(13)2-5-10(7)14(9-3-4-9)11(15)12(16)17/h2-6,9H,1H3,(H,16,17). The lowest BCUT2D eigenvalue weighted by molar-refractivity contribution is -0.148. The van der Waals surface area contributed by atoms with Crippen molar-refractivity contribution in [3.63, 3.8) is 0 Å². The fourth-order valence-electron chi connectivity index (χ4n) is 1.62. The first-order valence-corrected chi connectivity index (χ1v) is 5.81. The van der Waals surface area contributed by atoms with E-state index in [0.29, 0.717) is 5.69 Å². The van der Waals surface area contributed by atoms with Crippen molar-refractivity contribution in [3.05, 3.63) is 40.4 Å². The van der Waals surface area contributed by atoms with Gasteiger partial charge in [0.15, 0.2) is 0 Å². The van der Waals surface area contributed by atoms with Gasteiger partial charge in [0.25, 0.3) is 0 Å². The van der Waals surface area contributed by atoms with Crippen molar-refractivity contribution in [1.82, 2.24) is 0 Å². The maximum absolute atomic E-state index is 11.6. The number of carbonyl (C=O) groups is 2. The van der Waals surface area contributed by atoms with Crippen LogP contribution in [0.5, 0.6) is 0 Å². The van der Waals surface area contributed by atoms with Gasteiger partial charge in [-0.05, 0) is 30.7 Å². The Balaban J connectivity index is 2.39. The van der Waals surface area contributed by atoms with Crippen molar-refractivity contribution < 1.29 is 14.7 Å². The minimum Gasteiger partial charge on any atom is -0.474 e. The van der Waals surface area contributed by atoms with Crippen LogP contribution in [0.2, 0.25) is 0 Å². The summed E-state index contributed by atoms with van der Waals surface area (Å²) in [6.45, 7) is 1.84. The summed E-state index contributed by atoms with van der Waals surface area (Å²) in [5.41, 5.74) is 1.47. The van der Waals surface area contributed by atoms with Crippen LogP contribution in [-0.4, -0.2) is 23.0 Å². The number of nitrogens with zero attached hydrogens (tertiary/aromatic N) is 1. The van der Waals surface area contributed by atoms with Crippen molar-refractivity contribution in [2.45, 2.75) is 13.0 Å². The molecule has 5 heteroatoms. The molecule has 1 aromatic carbocycles. The predicted molar refractivity (Wildman–Crippen MR) is 66.9 cm³/mol. The Morgan fingerprint density at radius 2 is 2.00 bits per heavy atom. The van der Waals surface area contributed by atoms with Crippen molar-refractivity contribution in [2.75, 3.05) is 4.90 Å². The monoisotopic (exact) mass is 295 g/mol. The highest BCUT2D eigenvalue weighted by atomic mass is 79.9. The maximum Gasteiger partial charge on any atom is 0.394 e. The van der Waals surface area contributed by atoms with Gasteiger partial charge < -0.3 is 5.11 Å². The van der Waals surface area contributed by atoms with Crippen molar-refractivity contribution in [3.8, 4) is 0 Å². The number of aliphatic carboxylic acids is 1. The van der Waals surface area contributed by atoms with E-state index in [0.717, 1.165) is 10.0 Å². The van der Waals surface area contributed by atoms with Crippen LogP contribution in [0.4, 0.5) is 5.69 Å². The van der Waals surface area contributed by atoms with Crippen LogP contribution in [0.1, 0.15) is 5.56 Å². The summed E-state index contributed by atoms with van der Waals surface area (Å²) in [7, 11) is 0. The first-order valence-electron chi connectivity index (χ1n) is 5.01. The zero-order chi connectivity index (χ0) is 12.6. The third-order valence-electron chi connectivity index (χ3n) is 2.48. The van der Waals surface area contributed by atoms with E-state index in [-0.39, 0.29) is 6.04 Å². The summed E-state index contributed by atoms with van der Waals surface area (Å²) in [5.74, 6) is -2.36. The molecule has 0 spiro atoms. The molecule has 0 fully saturated rings. The fourth-order valence-corrected chi connectivity index (χ4v) is 2.09. The number of hydrogen-bond acceptors (Lipinski definition) is 2. The van der Waals surface area contributed by atoms with Gasteiger partial charge in [-0.1, -0.05) is 28.1 Å². The number of amides is 1. The Hall–Kier alpha value is -1.62. The Morgan fingerprint density at radius 1 is 1.35 bits per heavy atom. The van der Waals surface area contributed by atoms with Gasteiger partial charge in [0, 0.05) is 10.2 Å². The molecule has 4 nitrogen and oxygen atoms in total. The zero-order valence-electron chi connectivity index (χ0n) is 9.05. The highest BCUT2D eigenvalue weighted by Gasteiger charge is 2.32. The van der Waals surface area contributed by atoms with E-state index >= 15 is 0 Å². The van der Waals surface area contributed by atoms with E-state index in [1.54, 1.807) is 24.3 Å². The molecule has 0 saturated carbocycles. The molecule has 0 atom stereocenters. The second-order valence-electron chi connectivity index (χ2n) is 3.79. The average Bonchev–Trinajstić information content (AvgIpc) is 3.05. The highest BCUT2D eigenvalue weighted by Crippen LogP contribution is 2.29. The number of rotatable bonds is 2. The molecule has 2 rings (SSSR count). The van der Waals surface area contributed by atoms with Gasteiger partial charge >= 0.3 is 11.9 Å². The second kappa shape index (κ2) is 4.33. The number of benzene rings is 1. The lowest BCUT2D eigenvalue weighted by Gasteiger charge is -2.22. The fraction of sp³-hybridized carbons (Fsp3) is 0.167. The van der Waals surface area contributed by atoms with Crippen LogP contribution < -0.4 is 4.90 Å². The number of aryl methyl sites for hydroxylation is 1. The molecule has 0 radical (unpaired) electrons. The number of anilines is 1. The predicted octanol–water partition coefficient (Wildman–Crippen LogP) is 2.11. The first kappa shape index (κ1) is 11.9. The number of halogens is 1. The van der Waals surface area contributed by atoms with Crippen LogP contribution in [0, 0.1) is 6.92 Å². The number of hydrogen-bond donors (Lipinski definition) is 1. The van der Waals surface area contributed by atoms with E-state index in [2.05, 4.69) is 15.9 Å². The quantitative estimate of drug-likeness (QED) is 0.672. The van der Waals surface area contributed by atoms with Crippen LogP contribution in [0.25, 0.3) is 0 Å². The zero-order valence-corrected chi connectivity index (χ0v) is 10.6. The van der Waals surface area contributed by atoms with E-state index in [4.69, 9.17) is 5.11 Å². The Morgan fingerprint density at radius 3 is 2.47 bits per heavy atom. The molecular formula is C12H10BrNO3. The molecule has 1 aliphatic rings. The smallest absolute Gasteiger partial charge is 0.394 e. The van der Waals surface area contributed by atoms with Crippen LogP contribution in [0.15, 0.2) is 34.8 Å². The average molecular weight is 296 g/mol. The highest BCUT2D eigenvalue weighted by molar-refractivity contribution is 9.10. The van der Waals surface area contributed by atoms with Crippen LogP contribution in [-0.2, 0) is 9.59 Å². The van der Waals surface area contributed by atoms with E-state index < -0.39 is 11.9 Å². The minimum absolute atomic E-state index is 0.210. The largest absolute Gasteiger partial charge is 0.474 e. The molecule has 0 unspecified atom stereocenters. The summed E-state index contributed by atoms with van der Waals surface area (Å²) in [4.78, 5) is 23.7. The van der Waals surface area contributed by atoms with E-state index in [1.807, 2.05) is 13.0 Å². The first-order chi connectivity index (χ1) is 8.00. The third-order valence-corrected chi connectivity index (χ3v) is 2.98. The SMILES string of the molecule is Cc1cc(Br)ccc1N(C(=O)C(=O)O)C1C=C1. The van der Waals surface area contributed by atoms with Gasteiger partial charge in [-0.15, -0.1) is 0 Å². The normalized spacial score (nSPS) is 13.5. The molecule has 88 valence electrons. The Kier molecular flexibility index (Phi) is 3.02. The van der Waals surface area contributed by atoms with Crippen LogP contribution >= 0.6 is 15.9 Å². The summed E-state index contributed by atoms with van der Waals surface area (Å²) >= 11 is 3.33. The summed E-state index contributed by atoms with van der Waals surface area (Å²) in [5, 5.41) is 8.81. The van der Waals surface area contributed by atoms with Gasteiger partial charge in [-0.2, -0.15) is 0 Å².